The molecule has 0 saturated heterocycles. The molecule has 30 heavy (non-hydrogen) atoms. The van der Waals surface area contributed by atoms with E-state index >= 15 is 0 Å². The van der Waals surface area contributed by atoms with Crippen LogP contribution in [0.3, 0.4) is 0 Å². The van der Waals surface area contributed by atoms with Gasteiger partial charge in [-0.15, -0.1) is 0 Å². The third-order valence-corrected chi connectivity index (χ3v) is 5.00. The second-order valence-electron chi connectivity index (χ2n) is 7.08. The number of carbonyl (C=O) groups excluding carboxylic acids is 2. The third kappa shape index (κ3) is 4.03. The molecular formula is C21H19N7O2. The minimum atomic E-state index is -0.398. The molecule has 0 aliphatic heterocycles. The highest BCUT2D eigenvalue weighted by Gasteiger charge is 2.25. The first-order valence-corrected chi connectivity index (χ1v) is 9.45. The summed E-state index contributed by atoms with van der Waals surface area (Å²) >= 11 is 0. The zero-order valence-electron chi connectivity index (χ0n) is 16.3. The highest BCUT2D eigenvalue weighted by Crippen LogP contribution is 2.31. The summed E-state index contributed by atoms with van der Waals surface area (Å²) < 4.78 is 1.65. The van der Waals surface area contributed by atoms with E-state index in [1.165, 1.54) is 12.4 Å². The van der Waals surface area contributed by atoms with Gasteiger partial charge in [-0.05, 0) is 36.1 Å². The smallest absolute Gasteiger partial charge is 0.270 e. The summed E-state index contributed by atoms with van der Waals surface area (Å²) in [5.41, 5.74) is 3.78. The maximum Gasteiger partial charge on any atom is 0.270 e. The van der Waals surface area contributed by atoms with Crippen molar-refractivity contribution in [2.45, 2.75) is 25.4 Å². The molecule has 2 heterocycles. The fourth-order valence-corrected chi connectivity index (χ4v) is 3.51. The van der Waals surface area contributed by atoms with Gasteiger partial charge < -0.3 is 10.6 Å². The average molecular weight is 401 g/mol. The number of nitriles is 1. The van der Waals surface area contributed by atoms with Crippen LogP contribution in [0.1, 0.15) is 55.7 Å². The first kappa shape index (κ1) is 19.3. The van der Waals surface area contributed by atoms with Gasteiger partial charge in [0.2, 0.25) is 0 Å². The molecule has 1 atom stereocenters. The molecule has 4 rings (SSSR count). The summed E-state index contributed by atoms with van der Waals surface area (Å²) in [6.07, 6.45) is 6.22. The zero-order valence-corrected chi connectivity index (χ0v) is 16.3. The number of fused-ring (bicyclic) bond motifs is 1. The number of rotatable bonds is 5. The van der Waals surface area contributed by atoms with Crippen LogP contribution in [0.2, 0.25) is 0 Å². The maximum absolute atomic E-state index is 12.7. The molecule has 0 saturated carbocycles. The van der Waals surface area contributed by atoms with Crippen molar-refractivity contribution in [3.8, 4) is 6.07 Å². The molecule has 1 aromatic carbocycles. The van der Waals surface area contributed by atoms with Crippen LogP contribution in [0.5, 0.6) is 0 Å². The van der Waals surface area contributed by atoms with Crippen molar-refractivity contribution < 1.29 is 9.59 Å². The van der Waals surface area contributed by atoms with Gasteiger partial charge in [-0.3, -0.25) is 14.3 Å². The number of carbonyl (C=O) groups is 2. The van der Waals surface area contributed by atoms with E-state index in [4.69, 9.17) is 5.26 Å². The number of hydrogen-bond donors (Lipinski definition) is 2. The Balaban J connectivity index is 1.42. The largest absolute Gasteiger partial charge is 0.347 e. The number of aromatic nitrogens is 4. The summed E-state index contributed by atoms with van der Waals surface area (Å²) in [6, 6.07) is 8.84. The molecule has 2 aromatic heterocycles. The molecule has 0 spiro atoms. The Morgan fingerprint density at radius 1 is 1.23 bits per heavy atom. The van der Waals surface area contributed by atoms with E-state index in [9.17, 15) is 9.59 Å². The lowest BCUT2D eigenvalue weighted by Gasteiger charge is -2.14. The van der Waals surface area contributed by atoms with Gasteiger partial charge in [0.25, 0.3) is 11.8 Å². The van der Waals surface area contributed by atoms with Crippen molar-refractivity contribution >= 4 is 11.8 Å². The summed E-state index contributed by atoms with van der Waals surface area (Å²) in [5.74, 6) is -0.772. The lowest BCUT2D eigenvalue weighted by Crippen LogP contribution is -2.29. The highest BCUT2D eigenvalue weighted by atomic mass is 16.2. The molecule has 2 amide bonds. The second kappa shape index (κ2) is 8.13. The normalized spacial score (nSPS) is 14.6. The average Bonchev–Trinajstić information content (AvgIpc) is 3.37. The first-order valence-electron chi connectivity index (χ1n) is 9.45. The summed E-state index contributed by atoms with van der Waals surface area (Å²) in [7, 11) is 1.80. The molecule has 0 radical (unpaired) electrons. The Labute approximate surface area is 172 Å². The van der Waals surface area contributed by atoms with Crippen LogP contribution in [-0.2, 0) is 20.0 Å². The van der Waals surface area contributed by atoms with Crippen LogP contribution in [0.15, 0.2) is 43.0 Å². The van der Waals surface area contributed by atoms with E-state index in [1.54, 1.807) is 30.2 Å². The Morgan fingerprint density at radius 2 is 2.03 bits per heavy atom. The van der Waals surface area contributed by atoms with Gasteiger partial charge in [-0.25, -0.2) is 9.97 Å². The van der Waals surface area contributed by atoms with Crippen molar-refractivity contribution in [3.63, 3.8) is 0 Å². The second-order valence-corrected chi connectivity index (χ2v) is 7.08. The third-order valence-electron chi connectivity index (χ3n) is 5.00. The van der Waals surface area contributed by atoms with Crippen LogP contribution in [0.4, 0.5) is 0 Å². The van der Waals surface area contributed by atoms with E-state index in [0.717, 1.165) is 29.5 Å². The molecular weight excluding hydrogens is 382 g/mol. The first-order chi connectivity index (χ1) is 14.5. The monoisotopic (exact) mass is 401 g/mol. The van der Waals surface area contributed by atoms with Crippen LogP contribution >= 0.6 is 0 Å². The fourth-order valence-electron chi connectivity index (χ4n) is 3.51. The quantitative estimate of drug-likeness (QED) is 0.666. The van der Waals surface area contributed by atoms with Crippen LogP contribution in [-0.4, -0.2) is 31.6 Å². The van der Waals surface area contributed by atoms with E-state index in [2.05, 4.69) is 31.8 Å². The van der Waals surface area contributed by atoms with E-state index < -0.39 is 5.91 Å². The predicted octanol–water partition coefficient (Wildman–Crippen LogP) is 1.43. The van der Waals surface area contributed by atoms with Crippen molar-refractivity contribution in [3.05, 3.63) is 76.6 Å². The van der Waals surface area contributed by atoms with Crippen molar-refractivity contribution in [2.24, 2.45) is 7.05 Å². The molecule has 9 nitrogen and oxygen atoms in total. The van der Waals surface area contributed by atoms with Crippen LogP contribution < -0.4 is 10.6 Å². The molecule has 2 N–H and O–H groups in total. The standard InChI is InChI=1S/C21H19N7O2/c1-28-11-14(10-26-28)9-23-20(29)18-7-19(25-12-24-18)21(30)27-17-5-3-15-6-13(8-22)2-4-16(15)17/h2,4,6-7,10-12,17H,3,5,9H2,1H3,(H,23,29)(H,27,30)/t17-/m0/s1. The lowest BCUT2D eigenvalue weighted by molar-refractivity contribution is 0.0931. The number of benzene rings is 1. The SMILES string of the molecule is Cn1cc(CNC(=O)c2cc(C(=O)N[C@H]3CCc4cc(C#N)ccc43)ncn2)cn1. The van der Waals surface area contributed by atoms with Crippen LogP contribution in [0, 0.1) is 11.3 Å². The Hall–Kier alpha value is -4.06. The predicted molar refractivity (Wildman–Crippen MR) is 106 cm³/mol. The number of nitrogens with one attached hydrogen (secondary N) is 2. The van der Waals surface area contributed by atoms with Gasteiger partial charge in [0.1, 0.15) is 17.7 Å². The Bertz CT molecular complexity index is 1160. The topological polar surface area (TPSA) is 126 Å². The van der Waals surface area contributed by atoms with Crippen molar-refractivity contribution in [1.82, 2.24) is 30.4 Å². The number of nitrogens with zero attached hydrogens (tertiary/aromatic N) is 5. The lowest BCUT2D eigenvalue weighted by atomic mass is 10.1. The summed E-state index contributed by atoms with van der Waals surface area (Å²) in [4.78, 5) is 33.1. The number of aryl methyl sites for hydroxylation is 2. The van der Waals surface area contributed by atoms with E-state index in [1.807, 2.05) is 12.1 Å². The molecule has 0 fully saturated rings. The minimum Gasteiger partial charge on any atom is -0.347 e. The molecule has 0 unspecified atom stereocenters. The van der Waals surface area contributed by atoms with Gasteiger partial charge >= 0.3 is 0 Å². The maximum atomic E-state index is 12.7. The molecule has 1 aliphatic carbocycles. The van der Waals surface area contributed by atoms with Gasteiger partial charge in [-0.1, -0.05) is 6.07 Å². The molecule has 1 aliphatic rings. The van der Waals surface area contributed by atoms with E-state index in [-0.39, 0.29) is 23.3 Å². The molecule has 9 heteroatoms. The molecule has 150 valence electrons. The van der Waals surface area contributed by atoms with Gasteiger partial charge in [-0.2, -0.15) is 10.4 Å². The van der Waals surface area contributed by atoms with Crippen molar-refractivity contribution in [1.29, 1.82) is 5.26 Å². The zero-order chi connectivity index (χ0) is 21.1. The van der Waals surface area contributed by atoms with E-state index in [0.29, 0.717) is 12.1 Å². The fraction of sp³-hybridized carbons (Fsp3) is 0.238. The summed E-state index contributed by atoms with van der Waals surface area (Å²) in [6.45, 7) is 0.307. The minimum absolute atomic E-state index is 0.115. The van der Waals surface area contributed by atoms with Gasteiger partial charge in [0.15, 0.2) is 0 Å². The highest BCUT2D eigenvalue weighted by molar-refractivity contribution is 5.97. The van der Waals surface area contributed by atoms with Crippen molar-refractivity contribution in [2.75, 3.05) is 0 Å². The Kier molecular flexibility index (Phi) is 5.22. The summed E-state index contributed by atoms with van der Waals surface area (Å²) in [5, 5.41) is 18.8. The van der Waals surface area contributed by atoms with Gasteiger partial charge in [0.05, 0.1) is 23.9 Å². The molecule has 0 bridgehead atoms. The van der Waals surface area contributed by atoms with Crippen LogP contribution in [0.25, 0.3) is 0 Å². The van der Waals surface area contributed by atoms with Gasteiger partial charge in [0, 0.05) is 31.4 Å². The number of hydrogen-bond acceptors (Lipinski definition) is 6. The number of amides is 2. The molecule has 3 aromatic rings. The Morgan fingerprint density at radius 3 is 2.77 bits per heavy atom.